The molecule has 0 saturated carbocycles. The van der Waals surface area contributed by atoms with Gasteiger partial charge in [0, 0.05) is 13.5 Å². The summed E-state index contributed by atoms with van der Waals surface area (Å²) in [5.41, 5.74) is 0. The third kappa shape index (κ3) is 4.98. The molecule has 1 aliphatic rings. The minimum atomic E-state index is -0.216. The van der Waals surface area contributed by atoms with Crippen LogP contribution in [0.15, 0.2) is 12.2 Å². The Morgan fingerprint density at radius 3 is 2.40 bits per heavy atom. The van der Waals surface area contributed by atoms with E-state index in [0.717, 1.165) is 19.4 Å². The fraction of sp³-hybridized carbons (Fsp3) is 0.750. The zero-order chi connectivity index (χ0) is 11.3. The number of hydrogen-bond acceptors (Lipinski definition) is 3. The van der Waals surface area contributed by atoms with Crippen molar-refractivity contribution in [2.45, 2.75) is 45.8 Å². The van der Waals surface area contributed by atoms with E-state index in [4.69, 9.17) is 9.47 Å². The molecule has 0 amide bonds. The first-order chi connectivity index (χ1) is 7.08. The predicted octanol–water partition coefficient (Wildman–Crippen LogP) is 2.31. The molecule has 3 heteroatoms. The first kappa shape index (κ1) is 12.2. The van der Waals surface area contributed by atoms with Gasteiger partial charge in [0.1, 0.15) is 6.10 Å². The molecule has 0 heterocycles. The first-order valence-electron chi connectivity index (χ1n) is 5.55. The second-order valence-corrected chi connectivity index (χ2v) is 4.38. The van der Waals surface area contributed by atoms with E-state index < -0.39 is 0 Å². The Labute approximate surface area is 91.4 Å². The lowest BCUT2D eigenvalue weighted by molar-refractivity contribution is -0.144. The summed E-state index contributed by atoms with van der Waals surface area (Å²) in [6, 6.07) is 0. The number of carbonyl (C=O) groups is 1. The summed E-state index contributed by atoms with van der Waals surface area (Å²) in [6.45, 7) is 6.49. The molecular formula is C12H20O3. The highest BCUT2D eigenvalue weighted by Crippen LogP contribution is 2.17. The van der Waals surface area contributed by atoms with E-state index in [1.165, 1.54) is 6.92 Å². The number of esters is 1. The number of rotatable bonds is 4. The van der Waals surface area contributed by atoms with Gasteiger partial charge >= 0.3 is 5.97 Å². The standard InChI is InChI=1S/C12H20O3/c1-9(2)8-14-11-4-6-12(7-5-11)15-10(3)13/h4,6,9,11-12H,5,7-8H2,1-3H3/t11-,12-/m0/s1. The van der Waals surface area contributed by atoms with Crippen LogP contribution in [0.2, 0.25) is 0 Å². The molecule has 0 saturated heterocycles. The van der Waals surface area contributed by atoms with Gasteiger partial charge in [-0.25, -0.2) is 0 Å². The van der Waals surface area contributed by atoms with Crippen molar-refractivity contribution in [3.63, 3.8) is 0 Å². The Morgan fingerprint density at radius 2 is 1.93 bits per heavy atom. The van der Waals surface area contributed by atoms with Crippen molar-refractivity contribution in [3.05, 3.63) is 12.2 Å². The van der Waals surface area contributed by atoms with E-state index in [9.17, 15) is 4.79 Å². The van der Waals surface area contributed by atoms with Gasteiger partial charge in [-0.05, 0) is 24.8 Å². The van der Waals surface area contributed by atoms with Crippen LogP contribution in [0, 0.1) is 5.92 Å². The highest BCUT2D eigenvalue weighted by molar-refractivity contribution is 5.66. The summed E-state index contributed by atoms with van der Waals surface area (Å²) in [4.78, 5) is 10.7. The van der Waals surface area contributed by atoms with E-state index in [1.54, 1.807) is 0 Å². The van der Waals surface area contributed by atoms with Gasteiger partial charge in [-0.1, -0.05) is 19.9 Å². The largest absolute Gasteiger partial charge is 0.458 e. The normalized spacial score (nSPS) is 25.6. The van der Waals surface area contributed by atoms with Crippen molar-refractivity contribution in [1.29, 1.82) is 0 Å². The van der Waals surface area contributed by atoms with Gasteiger partial charge < -0.3 is 9.47 Å². The molecule has 0 aliphatic heterocycles. The summed E-state index contributed by atoms with van der Waals surface area (Å²) in [6.07, 6.45) is 5.86. The van der Waals surface area contributed by atoms with Gasteiger partial charge in [0.15, 0.2) is 0 Å². The van der Waals surface area contributed by atoms with Gasteiger partial charge in [0.25, 0.3) is 0 Å². The number of carbonyl (C=O) groups excluding carboxylic acids is 1. The van der Waals surface area contributed by atoms with Gasteiger partial charge in [-0.2, -0.15) is 0 Å². The zero-order valence-electron chi connectivity index (χ0n) is 9.73. The number of ether oxygens (including phenoxy) is 2. The van der Waals surface area contributed by atoms with Crippen molar-refractivity contribution >= 4 is 5.97 Å². The summed E-state index contributed by atoms with van der Waals surface area (Å²) < 4.78 is 10.8. The van der Waals surface area contributed by atoms with Crippen LogP contribution >= 0.6 is 0 Å². The molecule has 0 unspecified atom stereocenters. The molecule has 0 fully saturated rings. The molecule has 15 heavy (non-hydrogen) atoms. The predicted molar refractivity (Wildman–Crippen MR) is 58.5 cm³/mol. The van der Waals surface area contributed by atoms with E-state index in [-0.39, 0.29) is 18.2 Å². The van der Waals surface area contributed by atoms with Crippen LogP contribution in [-0.2, 0) is 14.3 Å². The summed E-state index contributed by atoms with van der Waals surface area (Å²) in [5, 5.41) is 0. The fourth-order valence-corrected chi connectivity index (χ4v) is 1.54. The van der Waals surface area contributed by atoms with E-state index in [2.05, 4.69) is 13.8 Å². The summed E-state index contributed by atoms with van der Waals surface area (Å²) in [5.74, 6) is 0.343. The summed E-state index contributed by atoms with van der Waals surface area (Å²) in [7, 11) is 0. The maximum absolute atomic E-state index is 10.7. The van der Waals surface area contributed by atoms with Gasteiger partial charge in [-0.3, -0.25) is 4.79 Å². The lowest BCUT2D eigenvalue weighted by atomic mass is 10.0. The van der Waals surface area contributed by atoms with Crippen molar-refractivity contribution in [2.24, 2.45) is 5.92 Å². The fourth-order valence-electron chi connectivity index (χ4n) is 1.54. The average Bonchev–Trinajstić information content (AvgIpc) is 2.16. The maximum atomic E-state index is 10.7. The molecule has 1 aliphatic carbocycles. The van der Waals surface area contributed by atoms with Gasteiger partial charge in [0.05, 0.1) is 6.10 Å². The van der Waals surface area contributed by atoms with Gasteiger partial charge in [0.2, 0.25) is 0 Å². The molecular weight excluding hydrogens is 192 g/mol. The SMILES string of the molecule is CC(=O)O[C@H]1C=C[C@H](OCC(C)C)CC1. The third-order valence-electron chi connectivity index (χ3n) is 2.24. The Balaban J connectivity index is 2.28. The third-order valence-corrected chi connectivity index (χ3v) is 2.24. The first-order valence-corrected chi connectivity index (χ1v) is 5.55. The molecule has 0 bridgehead atoms. The Hall–Kier alpha value is -0.830. The molecule has 0 radical (unpaired) electrons. The lowest BCUT2D eigenvalue weighted by Gasteiger charge is -2.23. The second kappa shape index (κ2) is 5.91. The molecule has 2 atom stereocenters. The lowest BCUT2D eigenvalue weighted by Crippen LogP contribution is -2.23. The Kier molecular flexibility index (Phi) is 4.82. The monoisotopic (exact) mass is 212 g/mol. The highest BCUT2D eigenvalue weighted by atomic mass is 16.5. The van der Waals surface area contributed by atoms with Gasteiger partial charge in [-0.15, -0.1) is 0 Å². The molecule has 0 aromatic heterocycles. The molecule has 0 aromatic rings. The smallest absolute Gasteiger partial charge is 0.303 e. The molecule has 3 nitrogen and oxygen atoms in total. The molecule has 86 valence electrons. The second-order valence-electron chi connectivity index (χ2n) is 4.38. The number of hydrogen-bond donors (Lipinski definition) is 0. The molecule has 0 N–H and O–H groups in total. The van der Waals surface area contributed by atoms with Crippen LogP contribution in [0.5, 0.6) is 0 Å². The summed E-state index contributed by atoms with van der Waals surface area (Å²) >= 11 is 0. The molecule has 1 rings (SSSR count). The van der Waals surface area contributed by atoms with Crippen LogP contribution in [0.1, 0.15) is 33.6 Å². The highest BCUT2D eigenvalue weighted by Gasteiger charge is 2.17. The molecule has 0 spiro atoms. The molecule has 0 aromatic carbocycles. The van der Waals surface area contributed by atoms with Crippen molar-refractivity contribution < 1.29 is 14.3 Å². The Morgan fingerprint density at radius 1 is 1.33 bits per heavy atom. The quantitative estimate of drug-likeness (QED) is 0.530. The average molecular weight is 212 g/mol. The van der Waals surface area contributed by atoms with Crippen LogP contribution in [0.25, 0.3) is 0 Å². The van der Waals surface area contributed by atoms with Crippen LogP contribution in [-0.4, -0.2) is 24.8 Å². The van der Waals surface area contributed by atoms with Crippen LogP contribution in [0.4, 0.5) is 0 Å². The topological polar surface area (TPSA) is 35.5 Å². The van der Waals surface area contributed by atoms with Crippen molar-refractivity contribution in [3.8, 4) is 0 Å². The zero-order valence-corrected chi connectivity index (χ0v) is 9.73. The minimum Gasteiger partial charge on any atom is -0.458 e. The van der Waals surface area contributed by atoms with Crippen molar-refractivity contribution in [2.75, 3.05) is 6.61 Å². The van der Waals surface area contributed by atoms with E-state index in [1.807, 2.05) is 12.2 Å². The minimum absolute atomic E-state index is 0.0543. The van der Waals surface area contributed by atoms with E-state index >= 15 is 0 Å². The van der Waals surface area contributed by atoms with Crippen LogP contribution in [0.3, 0.4) is 0 Å². The maximum Gasteiger partial charge on any atom is 0.303 e. The van der Waals surface area contributed by atoms with Crippen molar-refractivity contribution in [1.82, 2.24) is 0 Å². The van der Waals surface area contributed by atoms with Crippen LogP contribution < -0.4 is 0 Å². The van der Waals surface area contributed by atoms with E-state index in [0.29, 0.717) is 5.92 Å². The Bertz CT molecular complexity index is 233.